The number of para-hydroxylation sites is 1. The molecule has 36 heavy (non-hydrogen) atoms. The van der Waals surface area contributed by atoms with Crippen molar-refractivity contribution in [3.63, 3.8) is 0 Å². The molecular weight excluding hydrogens is 490 g/mol. The van der Waals surface area contributed by atoms with Crippen molar-refractivity contribution in [2.45, 2.75) is 46.5 Å². The number of aromatic nitrogens is 2. The van der Waals surface area contributed by atoms with Crippen molar-refractivity contribution in [3.8, 4) is 0 Å². The predicted octanol–water partition coefficient (Wildman–Crippen LogP) is 5.40. The molecule has 3 aromatic rings. The van der Waals surface area contributed by atoms with Gasteiger partial charge in [0.2, 0.25) is 5.96 Å². The van der Waals surface area contributed by atoms with Gasteiger partial charge >= 0.3 is 0 Å². The van der Waals surface area contributed by atoms with Crippen molar-refractivity contribution in [1.82, 2.24) is 9.97 Å². The molecule has 0 aliphatic rings. The molecule has 0 bridgehead atoms. The third-order valence-electron chi connectivity index (χ3n) is 4.81. The summed E-state index contributed by atoms with van der Waals surface area (Å²) in [7, 11) is 0. The molecule has 2 aromatic heterocycles. The van der Waals surface area contributed by atoms with E-state index in [1.54, 1.807) is 17.5 Å². The number of nitrogens with one attached hydrogen (secondary N) is 2. The van der Waals surface area contributed by atoms with Crippen LogP contribution in [-0.4, -0.2) is 43.1 Å². The lowest BCUT2D eigenvalue weighted by molar-refractivity contribution is -0.742. The van der Waals surface area contributed by atoms with E-state index < -0.39 is 10.2 Å². The van der Waals surface area contributed by atoms with Gasteiger partial charge in [-0.15, -0.1) is 31.6 Å². The maximum atomic E-state index is 8.36. The van der Waals surface area contributed by atoms with Crippen LogP contribution in [0.4, 0.5) is 10.8 Å². The summed E-state index contributed by atoms with van der Waals surface area (Å²) in [5.74, 6) is 1.34. The molecule has 1 unspecified atom stereocenters. The zero-order valence-electron chi connectivity index (χ0n) is 20.3. The molecule has 13 nitrogen and oxygen atoms in total. The molecule has 0 aliphatic heterocycles. The van der Waals surface area contributed by atoms with E-state index in [4.69, 9.17) is 35.6 Å². The van der Waals surface area contributed by atoms with E-state index in [1.807, 2.05) is 30.5 Å². The summed E-state index contributed by atoms with van der Waals surface area (Å²) >= 11 is 1.57. The number of nitrogens with zero attached hydrogens (tertiary/aromatic N) is 5. The standard InChI is InChI=1S/C22H29N5S.2HNO3/c1-4-6-9-17(5-2)15-24-21(27-22-23-12-13-28-22)26-20-14-16(3)25-19-11-8-7-10-18(19)20;2*2-1(3)4/h7-8,10-14,17H,4-6,9,15H2,1-3H3,(H2,23,24,25,26,27);2*(H,2,3,4). The zero-order valence-corrected chi connectivity index (χ0v) is 21.1. The quantitative estimate of drug-likeness (QED) is 0.129. The van der Waals surface area contributed by atoms with Gasteiger partial charge in [-0.05, 0) is 31.4 Å². The van der Waals surface area contributed by atoms with Gasteiger partial charge in [0.25, 0.3) is 10.2 Å². The van der Waals surface area contributed by atoms with E-state index in [2.05, 4.69) is 46.6 Å². The molecule has 0 radical (unpaired) electrons. The Morgan fingerprint density at radius 3 is 2.42 bits per heavy atom. The third-order valence-corrected chi connectivity index (χ3v) is 5.49. The Balaban J connectivity index is 0.000000709. The molecular formula is C22H31N7O6S. The Morgan fingerprint density at radius 1 is 1.17 bits per heavy atom. The van der Waals surface area contributed by atoms with Crippen LogP contribution in [0.2, 0.25) is 0 Å². The van der Waals surface area contributed by atoms with Gasteiger partial charge in [-0.2, -0.15) is 0 Å². The number of thiazole rings is 1. The van der Waals surface area contributed by atoms with Crippen LogP contribution in [0.1, 0.15) is 45.2 Å². The molecule has 0 amide bonds. The fraction of sp³-hybridized carbons (Fsp3) is 0.409. The maximum absolute atomic E-state index is 8.36. The molecule has 0 fully saturated rings. The van der Waals surface area contributed by atoms with E-state index in [-0.39, 0.29) is 0 Å². The number of fused-ring (bicyclic) bond motifs is 1. The molecule has 0 spiro atoms. The summed E-state index contributed by atoms with van der Waals surface area (Å²) in [6.07, 6.45) is 6.65. The normalized spacial score (nSPS) is 11.4. The molecule has 1 aromatic carbocycles. The summed E-state index contributed by atoms with van der Waals surface area (Å²) in [6, 6.07) is 10.2. The van der Waals surface area contributed by atoms with Crippen molar-refractivity contribution in [2.75, 3.05) is 17.2 Å². The lowest BCUT2D eigenvalue weighted by Crippen LogP contribution is -2.24. The highest BCUT2D eigenvalue weighted by Gasteiger charge is 2.10. The summed E-state index contributed by atoms with van der Waals surface area (Å²) in [6.45, 7) is 7.31. The van der Waals surface area contributed by atoms with Crippen LogP contribution in [0.5, 0.6) is 0 Å². The molecule has 0 saturated heterocycles. The highest BCUT2D eigenvalue weighted by Crippen LogP contribution is 2.23. The van der Waals surface area contributed by atoms with Crippen molar-refractivity contribution in [3.05, 3.63) is 67.8 Å². The first kappa shape index (κ1) is 30.0. The number of aliphatic imine (C=N–C) groups is 1. The second-order valence-electron chi connectivity index (χ2n) is 7.50. The first-order chi connectivity index (χ1) is 17.2. The van der Waals surface area contributed by atoms with Crippen LogP contribution in [0.15, 0.2) is 46.9 Å². The molecule has 196 valence electrons. The Bertz CT molecular complexity index is 1090. The second kappa shape index (κ2) is 16.5. The maximum Gasteiger partial charge on any atom is 0.291 e. The van der Waals surface area contributed by atoms with Crippen LogP contribution in [0.3, 0.4) is 0 Å². The van der Waals surface area contributed by atoms with Crippen molar-refractivity contribution >= 4 is 39.0 Å². The van der Waals surface area contributed by atoms with E-state index in [9.17, 15) is 0 Å². The van der Waals surface area contributed by atoms with Crippen LogP contribution in [0.25, 0.3) is 10.9 Å². The smallest absolute Gasteiger partial charge is 0.291 e. The van der Waals surface area contributed by atoms with Crippen molar-refractivity contribution in [2.24, 2.45) is 10.9 Å². The highest BCUT2D eigenvalue weighted by atomic mass is 32.1. The molecule has 0 aliphatic carbocycles. The fourth-order valence-corrected chi connectivity index (χ4v) is 3.70. The largest absolute Gasteiger partial charge is 0.328 e. The Hall–Kier alpha value is -4.07. The lowest BCUT2D eigenvalue weighted by Gasteiger charge is -2.16. The van der Waals surface area contributed by atoms with Gasteiger partial charge < -0.3 is 21.0 Å². The Morgan fingerprint density at radius 2 is 1.83 bits per heavy atom. The average molecular weight is 522 g/mol. The second-order valence-corrected chi connectivity index (χ2v) is 8.39. The summed E-state index contributed by atoms with van der Waals surface area (Å²) < 4.78 is 0. The van der Waals surface area contributed by atoms with Gasteiger partial charge in [0.1, 0.15) is 0 Å². The first-order valence-corrected chi connectivity index (χ1v) is 12.0. The predicted molar refractivity (Wildman–Crippen MR) is 139 cm³/mol. The van der Waals surface area contributed by atoms with Gasteiger partial charge in [-0.25, -0.2) is 4.98 Å². The number of benzene rings is 1. The van der Waals surface area contributed by atoms with Crippen LogP contribution in [0, 0.1) is 33.1 Å². The SMILES string of the molecule is CCCCC(CC)CN=C(Nc1nccs1)Nc1cc(C)nc2ccccc12.O=[N+]([O-])O.O=[N+]([O-])O. The number of pyridine rings is 1. The third kappa shape index (κ3) is 12.4. The monoisotopic (exact) mass is 521 g/mol. The molecule has 0 saturated carbocycles. The van der Waals surface area contributed by atoms with Gasteiger partial charge in [0.15, 0.2) is 5.13 Å². The van der Waals surface area contributed by atoms with Gasteiger partial charge in [0, 0.05) is 29.2 Å². The lowest BCUT2D eigenvalue weighted by atomic mass is 10.00. The highest BCUT2D eigenvalue weighted by molar-refractivity contribution is 7.13. The number of aryl methyl sites for hydroxylation is 1. The zero-order chi connectivity index (χ0) is 26.9. The van der Waals surface area contributed by atoms with E-state index in [0.717, 1.165) is 46.3 Å². The minimum absolute atomic E-state index is 0.603. The van der Waals surface area contributed by atoms with Gasteiger partial charge in [-0.3, -0.25) is 9.98 Å². The van der Waals surface area contributed by atoms with Gasteiger partial charge in [0.05, 0.1) is 11.2 Å². The summed E-state index contributed by atoms with van der Waals surface area (Å²) in [4.78, 5) is 30.6. The van der Waals surface area contributed by atoms with Crippen LogP contribution in [-0.2, 0) is 0 Å². The Kier molecular flexibility index (Phi) is 13.8. The van der Waals surface area contributed by atoms with Crippen LogP contribution >= 0.6 is 11.3 Å². The Labute approximate surface area is 212 Å². The van der Waals surface area contributed by atoms with Gasteiger partial charge in [-0.1, -0.05) is 51.3 Å². The fourth-order valence-electron chi connectivity index (χ4n) is 3.17. The number of hydrogen-bond acceptors (Lipinski definition) is 8. The van der Waals surface area contributed by atoms with E-state index in [0.29, 0.717) is 5.92 Å². The number of hydrogen-bond donors (Lipinski definition) is 4. The number of anilines is 2. The number of unbranched alkanes of at least 4 members (excludes halogenated alkanes) is 1. The molecule has 2 heterocycles. The average Bonchev–Trinajstić information content (AvgIpc) is 3.31. The molecule has 1 atom stereocenters. The number of guanidine groups is 1. The van der Waals surface area contributed by atoms with Crippen molar-refractivity contribution < 1.29 is 20.6 Å². The first-order valence-electron chi connectivity index (χ1n) is 11.2. The summed E-state index contributed by atoms with van der Waals surface area (Å²) in [5, 5.41) is 38.0. The molecule has 3 rings (SSSR count). The van der Waals surface area contributed by atoms with E-state index in [1.165, 1.54) is 19.3 Å². The molecule has 4 N–H and O–H groups in total. The minimum Gasteiger partial charge on any atom is -0.328 e. The minimum atomic E-state index is -1.50. The van der Waals surface area contributed by atoms with Crippen LogP contribution < -0.4 is 10.6 Å². The topological polar surface area (TPSA) is 189 Å². The van der Waals surface area contributed by atoms with Crippen molar-refractivity contribution in [1.29, 1.82) is 0 Å². The molecule has 14 heteroatoms. The summed E-state index contributed by atoms with van der Waals surface area (Å²) in [5.41, 5.74) is 2.96. The van der Waals surface area contributed by atoms with E-state index >= 15 is 0 Å². The number of rotatable bonds is 8.